The van der Waals surface area contributed by atoms with E-state index in [1.54, 1.807) is 48.5 Å². The molecule has 0 bridgehead atoms. The van der Waals surface area contributed by atoms with Gasteiger partial charge in [-0.15, -0.1) is 10.2 Å². The number of amides is 1. The second kappa shape index (κ2) is 7.01. The van der Waals surface area contributed by atoms with Crippen LogP contribution >= 0.6 is 0 Å². The first-order valence-electron chi connectivity index (χ1n) is 8.03. The molecule has 8 heteroatoms. The summed E-state index contributed by atoms with van der Waals surface area (Å²) in [6, 6.07) is 17.3. The van der Waals surface area contributed by atoms with Crippen LogP contribution in [0.15, 0.2) is 54.6 Å². The van der Waals surface area contributed by atoms with Gasteiger partial charge in [-0.1, -0.05) is 6.07 Å². The van der Waals surface area contributed by atoms with Gasteiger partial charge in [-0.2, -0.15) is 5.26 Å². The molecule has 0 saturated carbocycles. The highest BCUT2D eigenvalue weighted by Gasteiger charge is 2.16. The van der Waals surface area contributed by atoms with E-state index in [4.69, 9.17) is 14.7 Å². The lowest BCUT2D eigenvalue weighted by Gasteiger charge is -2.07. The summed E-state index contributed by atoms with van der Waals surface area (Å²) in [5.74, 6) is 1.63. The summed E-state index contributed by atoms with van der Waals surface area (Å²) in [7, 11) is 0. The molecule has 0 atom stereocenters. The van der Waals surface area contributed by atoms with Gasteiger partial charge in [0, 0.05) is 11.3 Å². The highest BCUT2D eigenvalue weighted by atomic mass is 16.7. The van der Waals surface area contributed by atoms with Gasteiger partial charge >= 0.3 is 0 Å². The molecule has 0 fully saturated rings. The normalized spacial score (nSPS) is 11.5. The Morgan fingerprint density at radius 3 is 2.63 bits per heavy atom. The molecule has 2 heterocycles. The first-order valence-corrected chi connectivity index (χ1v) is 8.03. The third kappa shape index (κ3) is 3.62. The number of hydrogen-bond acceptors (Lipinski definition) is 7. The molecule has 2 N–H and O–H groups in total. The molecule has 27 heavy (non-hydrogen) atoms. The third-order valence-corrected chi connectivity index (χ3v) is 3.80. The van der Waals surface area contributed by atoms with Crippen LogP contribution in [0.25, 0.3) is 0 Å². The van der Waals surface area contributed by atoms with Gasteiger partial charge in [-0.05, 0) is 48.5 Å². The summed E-state index contributed by atoms with van der Waals surface area (Å²) >= 11 is 0. The number of nitriles is 1. The minimum atomic E-state index is -0.329. The maximum absolute atomic E-state index is 12.3. The van der Waals surface area contributed by atoms with E-state index < -0.39 is 0 Å². The number of nitrogens with one attached hydrogen (secondary N) is 2. The Morgan fingerprint density at radius 1 is 1.00 bits per heavy atom. The van der Waals surface area contributed by atoms with E-state index in [1.807, 2.05) is 6.07 Å². The Bertz CT molecular complexity index is 1040. The Morgan fingerprint density at radius 2 is 1.81 bits per heavy atom. The molecule has 3 aromatic rings. The zero-order valence-corrected chi connectivity index (χ0v) is 14.0. The van der Waals surface area contributed by atoms with Crippen molar-refractivity contribution in [1.29, 1.82) is 5.26 Å². The van der Waals surface area contributed by atoms with Gasteiger partial charge in [-0.25, -0.2) is 0 Å². The molecule has 0 spiro atoms. The molecule has 0 aliphatic carbocycles. The van der Waals surface area contributed by atoms with Gasteiger partial charge < -0.3 is 20.1 Å². The van der Waals surface area contributed by atoms with Crippen LogP contribution in [-0.2, 0) is 0 Å². The minimum absolute atomic E-state index is 0.150. The topological polar surface area (TPSA) is 109 Å². The molecule has 0 saturated heterocycles. The lowest BCUT2D eigenvalue weighted by atomic mass is 10.2. The Hall–Kier alpha value is -4.12. The van der Waals surface area contributed by atoms with Crippen molar-refractivity contribution in [2.24, 2.45) is 0 Å². The van der Waals surface area contributed by atoms with Crippen molar-refractivity contribution in [1.82, 2.24) is 10.2 Å². The monoisotopic (exact) mass is 359 g/mol. The second-order valence-corrected chi connectivity index (χ2v) is 5.64. The molecule has 0 radical (unpaired) electrons. The molecule has 132 valence electrons. The van der Waals surface area contributed by atoms with E-state index in [2.05, 4.69) is 26.9 Å². The Balaban J connectivity index is 1.43. The maximum Gasteiger partial charge on any atom is 0.257 e. The van der Waals surface area contributed by atoms with Gasteiger partial charge in [-0.3, -0.25) is 4.79 Å². The smallest absolute Gasteiger partial charge is 0.257 e. The summed E-state index contributed by atoms with van der Waals surface area (Å²) in [5.41, 5.74) is 1.69. The zero-order valence-electron chi connectivity index (χ0n) is 14.0. The van der Waals surface area contributed by atoms with Gasteiger partial charge in [0.05, 0.1) is 11.6 Å². The average Bonchev–Trinajstić information content (AvgIpc) is 3.17. The van der Waals surface area contributed by atoms with Crippen LogP contribution < -0.4 is 20.1 Å². The number of aromatic nitrogens is 2. The molecule has 4 rings (SSSR count). The number of benzene rings is 2. The number of anilines is 3. The number of fused-ring (bicyclic) bond motifs is 1. The first-order chi connectivity index (χ1) is 13.2. The van der Waals surface area contributed by atoms with Crippen LogP contribution in [0.5, 0.6) is 11.5 Å². The van der Waals surface area contributed by atoms with E-state index in [9.17, 15) is 4.79 Å². The number of nitrogens with zero attached hydrogens (tertiary/aromatic N) is 3. The molecule has 0 unspecified atom stereocenters. The van der Waals surface area contributed by atoms with E-state index in [0.717, 1.165) is 5.69 Å². The Kier molecular flexibility index (Phi) is 4.25. The lowest BCUT2D eigenvalue weighted by Crippen LogP contribution is -2.13. The summed E-state index contributed by atoms with van der Waals surface area (Å²) in [6.07, 6.45) is 0. The SMILES string of the molecule is N#Cc1cccc(Nc2ccc(NC(=O)c3ccc4c(c3)OCO4)nn2)c1. The molecular weight excluding hydrogens is 346 g/mol. The first kappa shape index (κ1) is 16.4. The Labute approximate surface area is 154 Å². The zero-order chi connectivity index (χ0) is 18.6. The molecule has 1 aromatic heterocycles. The number of carbonyl (C=O) groups excluding carboxylic acids is 1. The van der Waals surface area contributed by atoms with Gasteiger partial charge in [0.25, 0.3) is 5.91 Å². The van der Waals surface area contributed by atoms with Crippen molar-refractivity contribution in [3.05, 3.63) is 65.7 Å². The fourth-order valence-corrected chi connectivity index (χ4v) is 2.51. The maximum atomic E-state index is 12.3. The van der Waals surface area contributed by atoms with E-state index in [1.165, 1.54) is 0 Å². The predicted molar refractivity (Wildman–Crippen MR) is 97.0 cm³/mol. The summed E-state index contributed by atoms with van der Waals surface area (Å²) in [5, 5.41) is 22.7. The minimum Gasteiger partial charge on any atom is -0.454 e. The summed E-state index contributed by atoms with van der Waals surface area (Å²) < 4.78 is 10.5. The summed E-state index contributed by atoms with van der Waals surface area (Å²) in [4.78, 5) is 12.3. The average molecular weight is 359 g/mol. The fourth-order valence-electron chi connectivity index (χ4n) is 2.51. The van der Waals surface area contributed by atoms with Crippen molar-refractivity contribution in [2.75, 3.05) is 17.4 Å². The highest BCUT2D eigenvalue weighted by molar-refractivity contribution is 6.04. The van der Waals surface area contributed by atoms with Gasteiger partial charge in [0.15, 0.2) is 23.1 Å². The van der Waals surface area contributed by atoms with Crippen LogP contribution in [0.4, 0.5) is 17.3 Å². The van der Waals surface area contributed by atoms with Crippen LogP contribution in [0.1, 0.15) is 15.9 Å². The predicted octanol–water partition coefficient (Wildman–Crippen LogP) is 3.07. The van der Waals surface area contributed by atoms with Crippen LogP contribution in [0, 0.1) is 11.3 Å². The standard InChI is InChI=1S/C19H13N5O3/c20-10-12-2-1-3-14(8-12)21-17-6-7-18(24-23-17)22-19(25)13-4-5-15-16(9-13)27-11-26-15/h1-9H,11H2,(H,21,23)(H,22,24,25). The van der Waals surface area contributed by atoms with Crippen LogP contribution in [0.2, 0.25) is 0 Å². The van der Waals surface area contributed by atoms with Crippen molar-refractivity contribution in [2.45, 2.75) is 0 Å². The van der Waals surface area contributed by atoms with Crippen LogP contribution in [0.3, 0.4) is 0 Å². The van der Waals surface area contributed by atoms with Gasteiger partial charge in [0.2, 0.25) is 6.79 Å². The molecule has 1 aliphatic heterocycles. The summed E-state index contributed by atoms with van der Waals surface area (Å²) in [6.45, 7) is 0.150. The quantitative estimate of drug-likeness (QED) is 0.737. The van der Waals surface area contributed by atoms with Crippen molar-refractivity contribution in [3.63, 3.8) is 0 Å². The number of rotatable bonds is 4. The van der Waals surface area contributed by atoms with Crippen molar-refractivity contribution < 1.29 is 14.3 Å². The number of ether oxygens (including phenoxy) is 2. The number of carbonyl (C=O) groups is 1. The van der Waals surface area contributed by atoms with E-state index in [-0.39, 0.29) is 12.7 Å². The van der Waals surface area contributed by atoms with Gasteiger partial charge in [0.1, 0.15) is 0 Å². The van der Waals surface area contributed by atoms with Crippen LogP contribution in [-0.4, -0.2) is 22.9 Å². The van der Waals surface area contributed by atoms with Crippen molar-refractivity contribution >= 4 is 23.2 Å². The lowest BCUT2D eigenvalue weighted by molar-refractivity contribution is 0.102. The highest BCUT2D eigenvalue weighted by Crippen LogP contribution is 2.32. The molecule has 1 aliphatic rings. The second-order valence-electron chi connectivity index (χ2n) is 5.64. The van der Waals surface area contributed by atoms with E-state index in [0.29, 0.717) is 34.3 Å². The molecular formula is C19H13N5O3. The third-order valence-electron chi connectivity index (χ3n) is 3.80. The molecule has 8 nitrogen and oxygen atoms in total. The fraction of sp³-hybridized carbons (Fsp3) is 0.0526. The number of hydrogen-bond donors (Lipinski definition) is 2. The molecule has 1 amide bonds. The van der Waals surface area contributed by atoms with E-state index >= 15 is 0 Å². The van der Waals surface area contributed by atoms with Crippen molar-refractivity contribution in [3.8, 4) is 17.6 Å². The largest absolute Gasteiger partial charge is 0.454 e. The molecule has 2 aromatic carbocycles.